The zero-order valence-electron chi connectivity index (χ0n) is 9.77. The first-order valence-corrected chi connectivity index (χ1v) is 5.84. The lowest BCUT2D eigenvalue weighted by molar-refractivity contribution is 0.162. The number of aliphatic hydroxyl groups is 1. The van der Waals surface area contributed by atoms with Gasteiger partial charge in [0.05, 0.1) is 6.10 Å². The molecule has 4 atom stereocenters. The van der Waals surface area contributed by atoms with Crippen molar-refractivity contribution in [2.45, 2.75) is 39.2 Å². The molecule has 1 heteroatoms. The Hall–Kier alpha value is -0.820. The normalized spacial score (nSPS) is 28.5. The fourth-order valence-electron chi connectivity index (χ4n) is 2.48. The van der Waals surface area contributed by atoms with Gasteiger partial charge >= 0.3 is 0 Å². The van der Waals surface area contributed by atoms with Crippen LogP contribution in [0.3, 0.4) is 0 Å². The molecular formula is C14H20O. The molecule has 1 saturated carbocycles. The Morgan fingerprint density at radius 3 is 2.20 bits per heavy atom. The van der Waals surface area contributed by atoms with E-state index >= 15 is 0 Å². The average Bonchev–Trinajstić information content (AvgIpc) is 2.97. The Morgan fingerprint density at radius 2 is 1.73 bits per heavy atom. The molecule has 2 rings (SSSR count). The molecule has 0 bridgehead atoms. The second kappa shape index (κ2) is 3.97. The first-order valence-electron chi connectivity index (χ1n) is 5.84. The summed E-state index contributed by atoms with van der Waals surface area (Å²) < 4.78 is 0. The number of hydrogen-bond acceptors (Lipinski definition) is 1. The zero-order chi connectivity index (χ0) is 11.0. The van der Waals surface area contributed by atoms with E-state index in [9.17, 15) is 5.11 Å². The van der Waals surface area contributed by atoms with Gasteiger partial charge in [0.15, 0.2) is 0 Å². The highest BCUT2D eigenvalue weighted by Gasteiger charge is 2.43. The molecule has 1 N–H and O–H groups in total. The van der Waals surface area contributed by atoms with Crippen molar-refractivity contribution < 1.29 is 5.11 Å². The highest BCUT2D eigenvalue weighted by Crippen LogP contribution is 2.50. The summed E-state index contributed by atoms with van der Waals surface area (Å²) in [5, 5.41) is 9.50. The van der Waals surface area contributed by atoms with Crippen LogP contribution in [0.25, 0.3) is 0 Å². The maximum atomic E-state index is 9.50. The van der Waals surface area contributed by atoms with Crippen molar-refractivity contribution in [1.29, 1.82) is 0 Å². The summed E-state index contributed by atoms with van der Waals surface area (Å²) >= 11 is 0. The third-order valence-corrected chi connectivity index (χ3v) is 3.76. The molecule has 0 heterocycles. The van der Waals surface area contributed by atoms with Crippen LogP contribution in [-0.4, -0.2) is 11.2 Å². The highest BCUT2D eigenvalue weighted by molar-refractivity contribution is 5.26. The van der Waals surface area contributed by atoms with Crippen molar-refractivity contribution in [2.75, 3.05) is 0 Å². The smallest absolute Gasteiger partial charge is 0.0543 e. The summed E-state index contributed by atoms with van der Waals surface area (Å²) in [5.74, 6) is 1.80. The molecule has 1 aromatic rings. The lowest BCUT2D eigenvalue weighted by Crippen LogP contribution is -2.07. The molecule has 1 aliphatic rings. The summed E-state index contributed by atoms with van der Waals surface area (Å²) in [5.41, 5.74) is 2.72. The molecule has 1 fully saturated rings. The van der Waals surface area contributed by atoms with E-state index in [1.807, 2.05) is 6.92 Å². The van der Waals surface area contributed by atoms with Crippen molar-refractivity contribution in [1.82, 2.24) is 0 Å². The molecular weight excluding hydrogens is 184 g/mol. The topological polar surface area (TPSA) is 20.2 Å². The van der Waals surface area contributed by atoms with Gasteiger partial charge in [0.2, 0.25) is 0 Å². The number of benzene rings is 1. The molecule has 4 unspecified atom stereocenters. The minimum absolute atomic E-state index is 0.136. The summed E-state index contributed by atoms with van der Waals surface area (Å²) in [6, 6.07) is 8.78. The van der Waals surface area contributed by atoms with Gasteiger partial charge in [0, 0.05) is 0 Å². The second-order valence-corrected chi connectivity index (χ2v) is 5.00. The maximum absolute atomic E-state index is 9.50. The van der Waals surface area contributed by atoms with Gasteiger partial charge in [-0.3, -0.25) is 0 Å². The summed E-state index contributed by atoms with van der Waals surface area (Å²) in [7, 11) is 0. The van der Waals surface area contributed by atoms with Gasteiger partial charge in [-0.1, -0.05) is 36.8 Å². The van der Waals surface area contributed by atoms with Gasteiger partial charge in [-0.2, -0.15) is 0 Å². The molecule has 0 spiro atoms. The lowest BCUT2D eigenvalue weighted by Gasteiger charge is -2.12. The monoisotopic (exact) mass is 204 g/mol. The van der Waals surface area contributed by atoms with Crippen molar-refractivity contribution >= 4 is 0 Å². The quantitative estimate of drug-likeness (QED) is 0.802. The van der Waals surface area contributed by atoms with E-state index in [-0.39, 0.29) is 6.10 Å². The van der Waals surface area contributed by atoms with Crippen LogP contribution in [0.5, 0.6) is 0 Å². The van der Waals surface area contributed by atoms with Crippen LogP contribution in [-0.2, 0) is 0 Å². The molecule has 0 amide bonds. The number of rotatable bonds is 3. The van der Waals surface area contributed by atoms with E-state index in [0.717, 1.165) is 0 Å². The first-order chi connectivity index (χ1) is 7.09. The fraction of sp³-hybridized carbons (Fsp3) is 0.571. The molecule has 1 nitrogen and oxygen atoms in total. The van der Waals surface area contributed by atoms with Crippen molar-refractivity contribution in [3.63, 3.8) is 0 Å². The third-order valence-electron chi connectivity index (χ3n) is 3.76. The Kier molecular flexibility index (Phi) is 2.83. The van der Waals surface area contributed by atoms with Crippen LogP contribution in [0, 0.1) is 18.8 Å². The highest BCUT2D eigenvalue weighted by atomic mass is 16.3. The minimum Gasteiger partial charge on any atom is -0.393 e. The molecule has 0 aliphatic heterocycles. The molecule has 1 aliphatic carbocycles. The van der Waals surface area contributed by atoms with Crippen molar-refractivity contribution in [2.24, 2.45) is 11.8 Å². The van der Waals surface area contributed by atoms with E-state index in [4.69, 9.17) is 0 Å². The van der Waals surface area contributed by atoms with E-state index < -0.39 is 0 Å². The van der Waals surface area contributed by atoms with Gasteiger partial charge in [-0.25, -0.2) is 0 Å². The SMILES string of the molecule is Cc1ccc(C(C)C2CC2C(C)O)cc1. The van der Waals surface area contributed by atoms with Crippen LogP contribution >= 0.6 is 0 Å². The van der Waals surface area contributed by atoms with Crippen molar-refractivity contribution in [3.8, 4) is 0 Å². The fourth-order valence-corrected chi connectivity index (χ4v) is 2.48. The van der Waals surface area contributed by atoms with Crippen LogP contribution in [0.1, 0.15) is 37.3 Å². The predicted molar refractivity (Wildman–Crippen MR) is 62.9 cm³/mol. The van der Waals surface area contributed by atoms with Crippen LogP contribution in [0.2, 0.25) is 0 Å². The molecule has 0 aromatic heterocycles. The summed E-state index contributed by atoms with van der Waals surface area (Å²) in [4.78, 5) is 0. The van der Waals surface area contributed by atoms with E-state index in [2.05, 4.69) is 38.1 Å². The van der Waals surface area contributed by atoms with Crippen LogP contribution < -0.4 is 0 Å². The summed E-state index contributed by atoms with van der Waals surface area (Å²) in [6.45, 7) is 6.30. The first kappa shape index (κ1) is 10.7. The Bertz CT molecular complexity index is 326. The largest absolute Gasteiger partial charge is 0.393 e. The van der Waals surface area contributed by atoms with E-state index in [1.165, 1.54) is 17.5 Å². The van der Waals surface area contributed by atoms with Crippen molar-refractivity contribution in [3.05, 3.63) is 35.4 Å². The molecule has 82 valence electrons. The average molecular weight is 204 g/mol. The predicted octanol–water partition coefficient (Wildman–Crippen LogP) is 3.12. The lowest BCUT2D eigenvalue weighted by atomic mass is 9.93. The van der Waals surface area contributed by atoms with Gasteiger partial charge in [-0.15, -0.1) is 0 Å². The number of aliphatic hydroxyl groups excluding tert-OH is 1. The van der Waals surface area contributed by atoms with Gasteiger partial charge < -0.3 is 5.11 Å². The van der Waals surface area contributed by atoms with E-state index in [1.54, 1.807) is 0 Å². The third kappa shape index (κ3) is 2.23. The number of hydrogen-bond donors (Lipinski definition) is 1. The molecule has 1 aromatic carbocycles. The Morgan fingerprint density at radius 1 is 1.13 bits per heavy atom. The van der Waals surface area contributed by atoms with Gasteiger partial charge in [0.1, 0.15) is 0 Å². The second-order valence-electron chi connectivity index (χ2n) is 5.00. The summed E-state index contributed by atoms with van der Waals surface area (Å²) in [6.07, 6.45) is 1.05. The molecule has 0 saturated heterocycles. The van der Waals surface area contributed by atoms with Crippen LogP contribution in [0.4, 0.5) is 0 Å². The Balaban J connectivity index is 2.03. The standard InChI is InChI=1S/C14H20O/c1-9-4-6-12(7-5-9)10(2)13-8-14(13)11(3)15/h4-7,10-11,13-15H,8H2,1-3H3. The molecule has 15 heavy (non-hydrogen) atoms. The van der Waals surface area contributed by atoms with Gasteiger partial charge in [0.25, 0.3) is 0 Å². The molecule has 0 radical (unpaired) electrons. The maximum Gasteiger partial charge on any atom is 0.0543 e. The Labute approximate surface area is 92.1 Å². The van der Waals surface area contributed by atoms with Crippen LogP contribution in [0.15, 0.2) is 24.3 Å². The van der Waals surface area contributed by atoms with Gasteiger partial charge in [-0.05, 0) is 43.6 Å². The zero-order valence-corrected chi connectivity index (χ0v) is 9.77. The van der Waals surface area contributed by atoms with E-state index in [0.29, 0.717) is 17.8 Å². The minimum atomic E-state index is -0.136. The number of aryl methyl sites for hydroxylation is 1.